The molecule has 2 N–H and O–H groups in total. The average Bonchev–Trinajstić information content (AvgIpc) is 2.88. The van der Waals surface area contributed by atoms with Crippen molar-refractivity contribution in [2.45, 2.75) is 12.0 Å². The molecule has 23 heavy (non-hydrogen) atoms. The van der Waals surface area contributed by atoms with Crippen molar-refractivity contribution in [3.63, 3.8) is 0 Å². The summed E-state index contributed by atoms with van der Waals surface area (Å²) in [7, 11) is 0. The second-order valence-electron chi connectivity index (χ2n) is 6.10. The van der Waals surface area contributed by atoms with E-state index in [4.69, 9.17) is 15.2 Å². The van der Waals surface area contributed by atoms with E-state index in [2.05, 4.69) is 0 Å². The predicted molar refractivity (Wildman–Crippen MR) is 73.7 cm³/mol. The maximum absolute atomic E-state index is 14.4. The topological polar surface area (TPSA) is 81.9 Å². The van der Waals surface area contributed by atoms with Crippen molar-refractivity contribution in [2.75, 3.05) is 24.7 Å². The van der Waals surface area contributed by atoms with Gasteiger partial charge in [0.1, 0.15) is 11.6 Å². The number of nitrogens with zero attached hydrogens (tertiary/aromatic N) is 1. The molecule has 3 fully saturated rings. The van der Waals surface area contributed by atoms with Crippen LogP contribution in [0.5, 0.6) is 0 Å². The van der Waals surface area contributed by atoms with Gasteiger partial charge in [-0.3, -0.25) is 9.69 Å². The number of fused-ring (bicyclic) bond motifs is 1. The maximum Gasteiger partial charge on any atom is 0.415 e. The van der Waals surface area contributed by atoms with Crippen LogP contribution in [0.4, 0.5) is 19.3 Å². The van der Waals surface area contributed by atoms with Gasteiger partial charge in [-0.25, -0.2) is 13.6 Å². The summed E-state index contributed by atoms with van der Waals surface area (Å²) >= 11 is 0. The highest BCUT2D eigenvalue weighted by Gasteiger charge is 2.56. The number of hydrogen-bond acceptors (Lipinski definition) is 4. The van der Waals surface area contributed by atoms with Crippen LogP contribution in [-0.2, 0) is 14.3 Å². The van der Waals surface area contributed by atoms with E-state index < -0.39 is 29.7 Å². The minimum atomic E-state index is -1.12. The molecule has 6 nitrogen and oxygen atoms in total. The number of hydrogen-bond donors (Lipinski definition) is 1. The number of cyclic esters (lactones) is 1. The first-order valence-electron chi connectivity index (χ1n) is 7.31. The Kier molecular flexibility index (Phi) is 3.06. The molecule has 1 unspecified atom stereocenters. The molecular formula is C15H14F2N2O4. The second-order valence-corrected chi connectivity index (χ2v) is 6.10. The number of amides is 2. The van der Waals surface area contributed by atoms with Crippen LogP contribution in [0.1, 0.15) is 11.5 Å². The van der Waals surface area contributed by atoms with Crippen molar-refractivity contribution < 1.29 is 27.8 Å². The van der Waals surface area contributed by atoms with Gasteiger partial charge in [-0.1, -0.05) is 0 Å². The molecule has 8 heteroatoms. The summed E-state index contributed by atoms with van der Waals surface area (Å²) in [5, 5.41) is 0. The van der Waals surface area contributed by atoms with Gasteiger partial charge >= 0.3 is 6.09 Å². The Morgan fingerprint density at radius 3 is 2.35 bits per heavy atom. The Balaban J connectivity index is 1.62. The number of halogens is 2. The third-order valence-electron chi connectivity index (χ3n) is 4.79. The number of nitrogens with two attached hydrogens (primary N) is 1. The predicted octanol–water partition coefficient (Wildman–Crippen LogP) is 1.14. The number of carbonyl (C=O) groups is 2. The van der Waals surface area contributed by atoms with Crippen LogP contribution in [0.15, 0.2) is 12.1 Å². The SMILES string of the molecule is NC(=O)[C@H]1CN(c2cc(F)c(C3[C@H]4COC[C@@H]34)c(F)c2)C(=O)O1. The van der Waals surface area contributed by atoms with Crippen molar-refractivity contribution in [3.8, 4) is 0 Å². The standard InChI is InChI=1S/C15H14F2N2O4/c16-9-1-6(19-3-11(14(18)20)23-15(19)21)2-10(17)13(9)12-7-4-22-5-8(7)12/h1-2,7-8,11-12H,3-5H2,(H2,18,20)/t7-,8+,11-,12?/m1/s1. The number of benzene rings is 1. The largest absolute Gasteiger partial charge is 0.434 e. The van der Waals surface area contributed by atoms with Gasteiger partial charge in [0.2, 0.25) is 0 Å². The molecule has 2 amide bonds. The zero-order chi connectivity index (χ0) is 16.3. The number of ether oxygens (including phenoxy) is 2. The minimum absolute atomic E-state index is 0.0135. The molecule has 1 aromatic carbocycles. The van der Waals surface area contributed by atoms with Crippen LogP contribution in [0.25, 0.3) is 0 Å². The van der Waals surface area contributed by atoms with E-state index in [1.807, 2.05) is 0 Å². The van der Waals surface area contributed by atoms with E-state index >= 15 is 0 Å². The lowest BCUT2D eigenvalue weighted by molar-refractivity contribution is -0.124. The van der Waals surface area contributed by atoms with E-state index in [0.29, 0.717) is 13.2 Å². The minimum Gasteiger partial charge on any atom is -0.434 e. The average molecular weight is 324 g/mol. The quantitative estimate of drug-likeness (QED) is 0.904. The van der Waals surface area contributed by atoms with Crippen LogP contribution >= 0.6 is 0 Å². The molecule has 2 saturated heterocycles. The highest BCUT2D eigenvalue weighted by atomic mass is 19.1. The molecule has 1 saturated carbocycles. The van der Waals surface area contributed by atoms with Crippen LogP contribution in [0.2, 0.25) is 0 Å². The summed E-state index contributed by atoms with van der Waals surface area (Å²) < 4.78 is 38.8. The van der Waals surface area contributed by atoms with Crippen LogP contribution in [-0.4, -0.2) is 37.9 Å². The van der Waals surface area contributed by atoms with Crippen LogP contribution in [0.3, 0.4) is 0 Å². The van der Waals surface area contributed by atoms with Gasteiger partial charge in [0.05, 0.1) is 25.4 Å². The number of carbonyl (C=O) groups excluding carboxylic acids is 2. The van der Waals surface area contributed by atoms with Gasteiger partial charge in [-0.15, -0.1) is 0 Å². The molecule has 2 aliphatic heterocycles. The van der Waals surface area contributed by atoms with E-state index in [1.54, 1.807) is 0 Å². The van der Waals surface area contributed by atoms with Gasteiger partial charge in [0, 0.05) is 11.5 Å². The molecule has 3 aliphatic rings. The molecule has 2 heterocycles. The van der Waals surface area contributed by atoms with Crippen LogP contribution < -0.4 is 10.6 Å². The maximum atomic E-state index is 14.4. The fourth-order valence-electron chi connectivity index (χ4n) is 3.53. The fraction of sp³-hybridized carbons (Fsp3) is 0.467. The normalized spacial score (nSPS) is 31.9. The van der Waals surface area contributed by atoms with Gasteiger partial charge in [0.15, 0.2) is 6.10 Å². The van der Waals surface area contributed by atoms with Crippen molar-refractivity contribution in [3.05, 3.63) is 29.3 Å². The molecule has 4 atom stereocenters. The Labute approximate surface area is 130 Å². The summed E-state index contributed by atoms with van der Waals surface area (Å²) in [6, 6.07) is 2.19. The van der Waals surface area contributed by atoms with Crippen molar-refractivity contribution >= 4 is 17.7 Å². The molecule has 1 aromatic rings. The zero-order valence-electron chi connectivity index (χ0n) is 12.0. The van der Waals surface area contributed by atoms with Crippen molar-refractivity contribution in [2.24, 2.45) is 17.6 Å². The second kappa shape index (κ2) is 4.89. The van der Waals surface area contributed by atoms with E-state index in [9.17, 15) is 18.4 Å². The van der Waals surface area contributed by atoms with Crippen LogP contribution in [0, 0.1) is 23.5 Å². The lowest BCUT2D eigenvalue weighted by Gasteiger charge is -2.15. The first kappa shape index (κ1) is 14.4. The monoisotopic (exact) mass is 324 g/mol. The van der Waals surface area contributed by atoms with E-state index in [-0.39, 0.29) is 35.5 Å². The lowest BCUT2D eigenvalue weighted by Crippen LogP contribution is -2.32. The number of primary amides is 1. The molecule has 0 radical (unpaired) electrons. The summed E-state index contributed by atoms with van der Waals surface area (Å²) in [6.07, 6.45) is -1.97. The Hall–Kier alpha value is -2.22. The third kappa shape index (κ3) is 2.16. The van der Waals surface area contributed by atoms with Gasteiger partial charge in [0.25, 0.3) is 5.91 Å². The summed E-state index contributed by atoms with van der Waals surface area (Å²) in [6.45, 7) is 0.887. The molecular weight excluding hydrogens is 310 g/mol. The first-order valence-corrected chi connectivity index (χ1v) is 7.31. The number of rotatable bonds is 3. The van der Waals surface area contributed by atoms with Crippen molar-refractivity contribution in [1.29, 1.82) is 0 Å². The molecule has 4 rings (SSSR count). The Morgan fingerprint density at radius 2 is 1.83 bits per heavy atom. The molecule has 1 aliphatic carbocycles. The highest BCUT2D eigenvalue weighted by Crippen LogP contribution is 2.58. The third-order valence-corrected chi connectivity index (χ3v) is 4.79. The van der Waals surface area contributed by atoms with Crippen molar-refractivity contribution in [1.82, 2.24) is 0 Å². The summed E-state index contributed by atoms with van der Waals surface area (Å²) in [4.78, 5) is 23.8. The molecule has 0 spiro atoms. The van der Waals surface area contributed by atoms with E-state index in [0.717, 1.165) is 17.0 Å². The first-order chi connectivity index (χ1) is 11.0. The molecule has 0 aromatic heterocycles. The van der Waals surface area contributed by atoms with Gasteiger partial charge in [-0.05, 0) is 24.0 Å². The number of anilines is 1. The smallest absolute Gasteiger partial charge is 0.415 e. The zero-order valence-corrected chi connectivity index (χ0v) is 12.0. The Morgan fingerprint density at radius 1 is 1.22 bits per heavy atom. The summed E-state index contributed by atoms with van der Waals surface area (Å²) in [5.41, 5.74) is 5.14. The molecule has 122 valence electrons. The Bertz CT molecular complexity index is 678. The lowest BCUT2D eigenvalue weighted by atomic mass is 10.0. The molecule has 0 bridgehead atoms. The van der Waals surface area contributed by atoms with Gasteiger partial charge in [-0.2, -0.15) is 0 Å². The highest BCUT2D eigenvalue weighted by molar-refractivity contribution is 5.95. The fourth-order valence-corrected chi connectivity index (χ4v) is 3.53. The summed E-state index contributed by atoms with van der Waals surface area (Å²) in [5.74, 6) is -2.03. The van der Waals surface area contributed by atoms with Gasteiger partial charge < -0.3 is 15.2 Å². The van der Waals surface area contributed by atoms with E-state index in [1.165, 1.54) is 0 Å².